The van der Waals surface area contributed by atoms with Gasteiger partial charge in [0, 0.05) is 16.7 Å². The fourth-order valence-electron chi connectivity index (χ4n) is 2.25. The minimum Gasteiger partial charge on any atom is -0.311 e. The van der Waals surface area contributed by atoms with Crippen molar-refractivity contribution in [3.63, 3.8) is 0 Å². The van der Waals surface area contributed by atoms with Crippen LogP contribution in [0, 0.1) is 0 Å². The topological polar surface area (TPSA) is 88.6 Å². The zero-order chi connectivity index (χ0) is 19.3. The summed E-state index contributed by atoms with van der Waals surface area (Å²) in [6.07, 6.45) is 2.13. The second-order valence-corrected chi connectivity index (χ2v) is 10.6. The second-order valence-electron chi connectivity index (χ2n) is 5.13. The van der Waals surface area contributed by atoms with Gasteiger partial charge in [-0.1, -0.05) is 28.1 Å². The Morgan fingerprint density at radius 3 is 1.88 bits per heavy atom. The van der Waals surface area contributed by atoms with Gasteiger partial charge in [-0.05, 0) is 31.2 Å². The van der Waals surface area contributed by atoms with E-state index in [-0.39, 0.29) is 6.54 Å². The van der Waals surface area contributed by atoms with Crippen molar-refractivity contribution in [2.24, 2.45) is 0 Å². The number of amides is 1. The molecule has 0 N–H and O–H groups in total. The number of rotatable bonds is 9. The lowest BCUT2D eigenvalue weighted by molar-refractivity contribution is -0.116. The van der Waals surface area contributed by atoms with Crippen LogP contribution in [-0.2, 0) is 24.5 Å². The monoisotopic (exact) mass is 449 g/mol. The smallest absolute Gasteiger partial charge is 0.260 e. The van der Waals surface area contributed by atoms with Crippen LogP contribution in [0.3, 0.4) is 0 Å². The highest BCUT2D eigenvalue weighted by molar-refractivity contribution is 9.10. The fraction of sp³-hybridized carbons (Fsp3) is 0.312. The molecule has 1 rings (SSSR count). The highest BCUT2D eigenvalue weighted by atomic mass is 79.9. The quantitative estimate of drug-likeness (QED) is 0.539. The number of anilines is 1. The van der Waals surface area contributed by atoms with E-state index < -0.39 is 41.7 Å². The van der Waals surface area contributed by atoms with Gasteiger partial charge in [0.05, 0.1) is 11.5 Å². The highest BCUT2D eigenvalue weighted by Crippen LogP contribution is 2.23. The molecule has 0 unspecified atom stereocenters. The molecule has 1 amide bonds. The van der Waals surface area contributed by atoms with Crippen LogP contribution in [0.5, 0.6) is 0 Å². The average molecular weight is 450 g/mol. The summed E-state index contributed by atoms with van der Waals surface area (Å²) in [7, 11) is -8.55. The lowest BCUT2D eigenvalue weighted by atomic mass is 10.3. The molecule has 0 saturated carbocycles. The lowest BCUT2D eigenvalue weighted by Gasteiger charge is -2.26. The highest BCUT2D eigenvalue weighted by Gasteiger charge is 2.44. The van der Waals surface area contributed by atoms with E-state index in [0.717, 1.165) is 21.5 Å². The van der Waals surface area contributed by atoms with E-state index in [0.29, 0.717) is 5.69 Å². The molecule has 9 heteroatoms. The third-order valence-electron chi connectivity index (χ3n) is 3.27. The average Bonchev–Trinajstić information content (AvgIpc) is 2.49. The van der Waals surface area contributed by atoms with Crippen molar-refractivity contribution in [1.82, 2.24) is 0 Å². The van der Waals surface area contributed by atoms with Gasteiger partial charge in [0.2, 0.25) is 4.58 Å². The van der Waals surface area contributed by atoms with Gasteiger partial charge in [0.25, 0.3) is 5.91 Å². The van der Waals surface area contributed by atoms with E-state index >= 15 is 0 Å². The molecule has 0 radical (unpaired) electrons. The molecule has 0 aliphatic heterocycles. The molecule has 0 spiro atoms. The SMILES string of the molecule is C=CCS(=O)(=O)C(C(=O)N(CC)c1ccc(Br)cc1)S(=O)(=O)CC=C. The van der Waals surface area contributed by atoms with E-state index in [2.05, 4.69) is 29.1 Å². The molecule has 1 aromatic rings. The van der Waals surface area contributed by atoms with Gasteiger partial charge in [-0.25, -0.2) is 16.8 Å². The van der Waals surface area contributed by atoms with E-state index in [9.17, 15) is 21.6 Å². The third kappa shape index (κ3) is 5.26. The summed E-state index contributed by atoms with van der Waals surface area (Å²) >= 11 is 3.27. The molecule has 25 heavy (non-hydrogen) atoms. The first kappa shape index (κ1) is 21.6. The predicted octanol–water partition coefficient (Wildman–Crippen LogP) is 2.33. The summed E-state index contributed by atoms with van der Waals surface area (Å²) in [5.41, 5.74) is 0.406. The van der Waals surface area contributed by atoms with Gasteiger partial charge >= 0.3 is 0 Å². The number of carbonyl (C=O) groups is 1. The molecule has 1 aromatic carbocycles. The van der Waals surface area contributed by atoms with E-state index in [4.69, 9.17) is 0 Å². The molecule has 0 aliphatic carbocycles. The van der Waals surface area contributed by atoms with Gasteiger partial charge in [0.15, 0.2) is 19.7 Å². The molecule has 0 bridgehead atoms. The number of benzene rings is 1. The van der Waals surface area contributed by atoms with Crippen LogP contribution in [0.2, 0.25) is 0 Å². The Morgan fingerprint density at radius 1 is 1.08 bits per heavy atom. The summed E-state index contributed by atoms with van der Waals surface area (Å²) in [5.74, 6) is -2.23. The van der Waals surface area contributed by atoms with Crippen molar-refractivity contribution in [2.75, 3.05) is 23.0 Å². The number of halogens is 1. The Morgan fingerprint density at radius 2 is 1.52 bits per heavy atom. The van der Waals surface area contributed by atoms with Gasteiger partial charge in [-0.15, -0.1) is 13.2 Å². The zero-order valence-corrected chi connectivity index (χ0v) is 17.0. The third-order valence-corrected chi connectivity index (χ3v) is 8.67. The first-order valence-electron chi connectivity index (χ1n) is 7.32. The normalized spacial score (nSPS) is 12.0. The maximum Gasteiger partial charge on any atom is 0.260 e. The number of carbonyl (C=O) groups excluding carboxylic acids is 1. The van der Waals surface area contributed by atoms with E-state index in [1.54, 1.807) is 31.2 Å². The van der Waals surface area contributed by atoms with Crippen LogP contribution < -0.4 is 4.90 Å². The fourth-order valence-corrected chi connectivity index (χ4v) is 6.65. The lowest BCUT2D eigenvalue weighted by Crippen LogP contribution is -2.48. The standard InChI is InChI=1S/C16H20BrNO5S2/c1-4-11-24(20,21)16(25(22,23)12-5-2)15(19)18(6-3)14-9-7-13(17)8-10-14/h4-5,7-10,16H,1-2,6,11-12H2,3H3. The summed E-state index contributed by atoms with van der Waals surface area (Å²) in [6, 6.07) is 6.55. The van der Waals surface area contributed by atoms with Gasteiger partial charge < -0.3 is 4.90 Å². The van der Waals surface area contributed by atoms with Crippen LogP contribution >= 0.6 is 15.9 Å². The molecular formula is C16H20BrNO5S2. The van der Waals surface area contributed by atoms with Crippen molar-refractivity contribution in [3.05, 3.63) is 54.0 Å². The summed E-state index contributed by atoms with van der Waals surface area (Å²) in [4.78, 5) is 14.0. The number of hydrogen-bond acceptors (Lipinski definition) is 5. The van der Waals surface area contributed by atoms with Crippen LogP contribution in [0.1, 0.15) is 6.92 Å². The molecule has 0 aromatic heterocycles. The number of nitrogens with zero attached hydrogens (tertiary/aromatic N) is 1. The zero-order valence-electron chi connectivity index (χ0n) is 13.8. The van der Waals surface area contributed by atoms with Crippen molar-refractivity contribution < 1.29 is 21.6 Å². The maximum absolute atomic E-state index is 12.9. The molecule has 0 aliphatic rings. The molecule has 0 saturated heterocycles. The molecule has 0 heterocycles. The Hall–Kier alpha value is -1.45. The first-order chi connectivity index (χ1) is 11.6. The Balaban J connectivity index is 3.46. The number of hydrogen-bond donors (Lipinski definition) is 0. The predicted molar refractivity (Wildman–Crippen MR) is 104 cm³/mol. The number of sulfone groups is 2. The first-order valence-corrected chi connectivity index (χ1v) is 11.5. The second kappa shape index (κ2) is 8.77. The largest absolute Gasteiger partial charge is 0.311 e. The van der Waals surface area contributed by atoms with Gasteiger partial charge in [-0.3, -0.25) is 4.79 Å². The minimum atomic E-state index is -4.28. The van der Waals surface area contributed by atoms with Gasteiger partial charge in [-0.2, -0.15) is 0 Å². The maximum atomic E-state index is 12.9. The molecular weight excluding hydrogens is 430 g/mol. The Bertz CT molecular complexity index is 805. The Kier molecular flexibility index (Phi) is 7.58. The van der Waals surface area contributed by atoms with Crippen LogP contribution in [-0.4, -0.2) is 45.4 Å². The Labute approximate surface area is 157 Å². The van der Waals surface area contributed by atoms with Crippen molar-refractivity contribution in [1.29, 1.82) is 0 Å². The molecule has 0 atom stereocenters. The molecule has 138 valence electrons. The van der Waals surface area contributed by atoms with Gasteiger partial charge in [0.1, 0.15) is 0 Å². The minimum absolute atomic E-state index is 0.115. The summed E-state index contributed by atoms with van der Waals surface area (Å²) in [5, 5.41) is 0. The van der Waals surface area contributed by atoms with Crippen LogP contribution in [0.4, 0.5) is 5.69 Å². The van der Waals surface area contributed by atoms with E-state index in [1.165, 1.54) is 0 Å². The van der Waals surface area contributed by atoms with Crippen LogP contribution in [0.25, 0.3) is 0 Å². The van der Waals surface area contributed by atoms with Crippen LogP contribution in [0.15, 0.2) is 54.0 Å². The van der Waals surface area contributed by atoms with E-state index in [1.807, 2.05) is 0 Å². The van der Waals surface area contributed by atoms with Crippen molar-refractivity contribution in [2.45, 2.75) is 11.5 Å². The molecule has 6 nitrogen and oxygen atoms in total. The summed E-state index contributed by atoms with van der Waals surface area (Å²) in [6.45, 7) is 8.40. The molecule has 0 fully saturated rings. The van der Waals surface area contributed by atoms with Crippen molar-refractivity contribution in [3.8, 4) is 0 Å². The summed E-state index contributed by atoms with van der Waals surface area (Å²) < 4.78 is 48.4. The van der Waals surface area contributed by atoms with Crippen molar-refractivity contribution >= 4 is 47.2 Å².